The zero-order chi connectivity index (χ0) is 22.1. The van der Waals surface area contributed by atoms with Gasteiger partial charge < -0.3 is 24.5 Å². The van der Waals surface area contributed by atoms with Crippen molar-refractivity contribution in [1.82, 2.24) is 10.2 Å². The van der Waals surface area contributed by atoms with E-state index in [4.69, 9.17) is 14.3 Å². The summed E-state index contributed by atoms with van der Waals surface area (Å²) < 4.78 is 10.9. The number of hydrogen-bond acceptors (Lipinski definition) is 6. The molecular formula is C21H26N2O6S. The third-order valence-corrected chi connectivity index (χ3v) is 4.97. The Hall–Kier alpha value is -2.94. The summed E-state index contributed by atoms with van der Waals surface area (Å²) in [5.74, 6) is 0.135. The van der Waals surface area contributed by atoms with E-state index in [0.29, 0.717) is 23.7 Å². The van der Waals surface area contributed by atoms with Crippen LogP contribution in [0, 0.1) is 6.92 Å². The minimum Gasteiger partial charge on any atom is -0.484 e. The number of amides is 2. The van der Waals surface area contributed by atoms with Gasteiger partial charge in [-0.1, -0.05) is 18.2 Å². The van der Waals surface area contributed by atoms with Crippen LogP contribution in [0.5, 0.6) is 5.75 Å². The third-order valence-electron chi connectivity index (χ3n) is 4.33. The third kappa shape index (κ3) is 6.84. The van der Waals surface area contributed by atoms with Crippen LogP contribution in [0.2, 0.25) is 0 Å². The molecule has 0 bridgehead atoms. The topological polar surface area (TPSA) is 109 Å². The van der Waals surface area contributed by atoms with E-state index in [2.05, 4.69) is 5.32 Å². The smallest absolute Gasteiger partial charge is 0.339 e. The molecule has 162 valence electrons. The van der Waals surface area contributed by atoms with Gasteiger partial charge in [-0.2, -0.15) is 11.8 Å². The van der Waals surface area contributed by atoms with Crippen molar-refractivity contribution in [2.75, 3.05) is 25.7 Å². The summed E-state index contributed by atoms with van der Waals surface area (Å²) >= 11 is 1.57. The fourth-order valence-corrected chi connectivity index (χ4v) is 3.28. The Bertz CT molecular complexity index is 868. The number of carboxylic acids is 1. The summed E-state index contributed by atoms with van der Waals surface area (Å²) in [5, 5.41) is 11.9. The number of ether oxygens (including phenoxy) is 1. The largest absolute Gasteiger partial charge is 0.484 e. The van der Waals surface area contributed by atoms with Gasteiger partial charge in [-0.3, -0.25) is 9.59 Å². The second kappa shape index (κ2) is 11.3. The number of carboxylic acid groups (broad SMARTS) is 1. The van der Waals surface area contributed by atoms with Gasteiger partial charge in [-0.15, -0.1) is 0 Å². The Kier molecular flexibility index (Phi) is 8.79. The van der Waals surface area contributed by atoms with Crippen molar-refractivity contribution in [2.24, 2.45) is 0 Å². The summed E-state index contributed by atoms with van der Waals surface area (Å²) in [5.41, 5.74) is 0.0659. The highest BCUT2D eigenvalue weighted by Gasteiger charge is 2.25. The van der Waals surface area contributed by atoms with E-state index in [9.17, 15) is 14.4 Å². The van der Waals surface area contributed by atoms with Crippen LogP contribution in [0.3, 0.4) is 0 Å². The Morgan fingerprint density at radius 3 is 2.57 bits per heavy atom. The Balaban J connectivity index is 1.98. The molecule has 0 saturated heterocycles. The van der Waals surface area contributed by atoms with E-state index in [1.807, 2.05) is 12.3 Å². The highest BCUT2D eigenvalue weighted by molar-refractivity contribution is 7.98. The van der Waals surface area contributed by atoms with Crippen LogP contribution in [-0.4, -0.2) is 59.5 Å². The lowest BCUT2D eigenvalue weighted by molar-refractivity contribution is -0.136. The molecule has 1 aromatic heterocycles. The van der Waals surface area contributed by atoms with Gasteiger partial charge in [0.05, 0.1) is 6.54 Å². The lowest BCUT2D eigenvalue weighted by Crippen LogP contribution is -2.48. The lowest BCUT2D eigenvalue weighted by Gasteiger charge is -2.24. The van der Waals surface area contributed by atoms with Gasteiger partial charge in [-0.25, -0.2) is 4.79 Å². The SMILES string of the molecule is CSCC[C@H](NC(=O)COc1ccccc1)C(=O)N(C)Cc1cc(C(=O)O)c(C)o1. The quantitative estimate of drug-likeness (QED) is 0.559. The summed E-state index contributed by atoms with van der Waals surface area (Å²) in [6.07, 6.45) is 2.38. The summed E-state index contributed by atoms with van der Waals surface area (Å²) in [4.78, 5) is 37.8. The number of hydrogen-bond donors (Lipinski definition) is 2. The molecule has 2 rings (SSSR count). The summed E-state index contributed by atoms with van der Waals surface area (Å²) in [7, 11) is 1.58. The van der Waals surface area contributed by atoms with Crippen LogP contribution in [-0.2, 0) is 16.1 Å². The van der Waals surface area contributed by atoms with Crippen molar-refractivity contribution in [3.8, 4) is 5.75 Å². The van der Waals surface area contributed by atoms with E-state index >= 15 is 0 Å². The standard InChI is InChI=1S/C21H26N2O6S/c1-14-17(21(26)27)11-16(29-14)12-23(2)20(25)18(9-10-30-3)22-19(24)13-28-15-7-5-4-6-8-15/h4-8,11,18H,9-10,12-13H2,1-3H3,(H,22,24)(H,26,27)/t18-/m0/s1. The number of thioether (sulfide) groups is 1. The first-order valence-corrected chi connectivity index (χ1v) is 10.7. The molecule has 0 spiro atoms. The molecular weight excluding hydrogens is 408 g/mol. The summed E-state index contributed by atoms with van der Waals surface area (Å²) in [6, 6.07) is 9.63. The van der Waals surface area contributed by atoms with Gasteiger partial charge in [0.15, 0.2) is 6.61 Å². The Labute approximate surface area is 179 Å². The van der Waals surface area contributed by atoms with E-state index in [1.54, 1.807) is 50.0 Å². The maximum absolute atomic E-state index is 12.9. The minimum atomic E-state index is -1.08. The van der Waals surface area contributed by atoms with E-state index in [1.165, 1.54) is 11.0 Å². The normalized spacial score (nSPS) is 11.6. The number of aryl methyl sites for hydroxylation is 1. The van der Waals surface area contributed by atoms with Gasteiger partial charge >= 0.3 is 5.97 Å². The van der Waals surface area contributed by atoms with E-state index in [0.717, 1.165) is 0 Å². The molecule has 1 atom stereocenters. The molecule has 0 aliphatic rings. The van der Waals surface area contributed by atoms with Crippen LogP contribution >= 0.6 is 11.8 Å². The molecule has 0 aliphatic heterocycles. The number of furan rings is 1. The van der Waals surface area contributed by atoms with Crippen molar-refractivity contribution in [1.29, 1.82) is 0 Å². The first kappa shape index (κ1) is 23.3. The van der Waals surface area contributed by atoms with Gasteiger partial charge in [0.2, 0.25) is 5.91 Å². The van der Waals surface area contributed by atoms with Crippen molar-refractivity contribution >= 4 is 29.5 Å². The second-order valence-corrected chi connectivity index (χ2v) is 7.67. The van der Waals surface area contributed by atoms with E-state index in [-0.39, 0.29) is 30.4 Å². The molecule has 2 aromatic rings. The minimum absolute atomic E-state index is 0.0659. The number of carbonyl (C=O) groups excluding carboxylic acids is 2. The molecule has 0 unspecified atom stereocenters. The van der Waals surface area contributed by atoms with Crippen LogP contribution < -0.4 is 10.1 Å². The van der Waals surface area contributed by atoms with Gasteiger partial charge in [0.1, 0.15) is 28.9 Å². The molecule has 8 nitrogen and oxygen atoms in total. The average Bonchev–Trinajstić information content (AvgIpc) is 3.10. The zero-order valence-electron chi connectivity index (χ0n) is 17.2. The molecule has 2 amide bonds. The molecule has 9 heteroatoms. The molecule has 0 fully saturated rings. The molecule has 1 heterocycles. The number of likely N-dealkylation sites (N-methyl/N-ethyl adjacent to an activating group) is 1. The molecule has 30 heavy (non-hydrogen) atoms. The molecule has 2 N–H and O–H groups in total. The lowest BCUT2D eigenvalue weighted by atomic mass is 10.2. The van der Waals surface area contributed by atoms with Crippen molar-refractivity contribution in [2.45, 2.75) is 25.9 Å². The number of carbonyl (C=O) groups is 3. The predicted octanol–water partition coefficient (Wildman–Crippen LogP) is 2.56. The monoisotopic (exact) mass is 434 g/mol. The fourth-order valence-electron chi connectivity index (χ4n) is 2.81. The maximum Gasteiger partial charge on any atom is 0.339 e. The van der Waals surface area contributed by atoms with Crippen molar-refractivity contribution < 1.29 is 28.6 Å². The predicted molar refractivity (Wildman–Crippen MR) is 114 cm³/mol. The van der Waals surface area contributed by atoms with Crippen molar-refractivity contribution in [3.63, 3.8) is 0 Å². The number of nitrogens with zero attached hydrogens (tertiary/aromatic N) is 1. The van der Waals surface area contributed by atoms with Crippen molar-refractivity contribution in [3.05, 3.63) is 53.5 Å². The molecule has 1 aromatic carbocycles. The number of nitrogens with one attached hydrogen (secondary N) is 1. The first-order valence-electron chi connectivity index (χ1n) is 9.35. The van der Waals surface area contributed by atoms with Gasteiger partial charge in [-0.05, 0) is 43.6 Å². The van der Waals surface area contributed by atoms with Gasteiger partial charge in [0, 0.05) is 7.05 Å². The second-order valence-electron chi connectivity index (χ2n) is 6.69. The van der Waals surface area contributed by atoms with Crippen LogP contribution in [0.4, 0.5) is 0 Å². The highest BCUT2D eigenvalue weighted by Crippen LogP contribution is 2.17. The van der Waals surface area contributed by atoms with Crippen LogP contribution in [0.1, 0.15) is 28.3 Å². The molecule has 0 saturated carbocycles. The summed E-state index contributed by atoms with van der Waals surface area (Å²) in [6.45, 7) is 1.46. The van der Waals surface area contributed by atoms with E-state index < -0.39 is 17.9 Å². The fraction of sp³-hybridized carbons (Fsp3) is 0.381. The molecule has 0 aliphatic carbocycles. The number of benzene rings is 1. The van der Waals surface area contributed by atoms with Crippen LogP contribution in [0.15, 0.2) is 40.8 Å². The average molecular weight is 435 g/mol. The molecule has 0 radical (unpaired) electrons. The highest BCUT2D eigenvalue weighted by atomic mass is 32.2. The number of rotatable bonds is 11. The zero-order valence-corrected chi connectivity index (χ0v) is 18.0. The Morgan fingerprint density at radius 1 is 1.27 bits per heavy atom. The number of para-hydroxylation sites is 1. The maximum atomic E-state index is 12.9. The van der Waals surface area contributed by atoms with Crippen LogP contribution in [0.25, 0.3) is 0 Å². The first-order chi connectivity index (χ1) is 14.3. The Morgan fingerprint density at radius 2 is 1.97 bits per heavy atom. The van der Waals surface area contributed by atoms with Gasteiger partial charge in [0.25, 0.3) is 5.91 Å². The number of aromatic carboxylic acids is 1.